The van der Waals surface area contributed by atoms with Gasteiger partial charge in [0.05, 0.1) is 19.3 Å². The van der Waals surface area contributed by atoms with E-state index in [1.54, 1.807) is 14.0 Å². The molecule has 5 nitrogen and oxygen atoms in total. The van der Waals surface area contributed by atoms with Gasteiger partial charge < -0.3 is 14.8 Å². The Kier molecular flexibility index (Phi) is 6.51. The molecule has 0 spiro atoms. The van der Waals surface area contributed by atoms with Gasteiger partial charge in [0.25, 0.3) is 0 Å². The number of allylic oxidation sites excluding steroid dienone is 3. The summed E-state index contributed by atoms with van der Waals surface area (Å²) in [5.41, 5.74) is 4.73. The summed E-state index contributed by atoms with van der Waals surface area (Å²) >= 11 is 3.53. The van der Waals surface area contributed by atoms with Gasteiger partial charge in [-0.2, -0.15) is 0 Å². The van der Waals surface area contributed by atoms with Crippen LogP contribution in [0.1, 0.15) is 49.7 Å². The maximum atomic E-state index is 13.6. The molecule has 2 aromatic carbocycles. The summed E-state index contributed by atoms with van der Waals surface area (Å²) in [5, 5.41) is 3.38. The Labute approximate surface area is 196 Å². The molecule has 0 fully saturated rings. The number of ether oxygens (including phenoxy) is 2. The lowest BCUT2D eigenvalue weighted by Crippen LogP contribution is -2.36. The Morgan fingerprint density at radius 2 is 1.88 bits per heavy atom. The highest BCUT2D eigenvalue weighted by molar-refractivity contribution is 9.10. The zero-order valence-electron chi connectivity index (χ0n) is 18.4. The molecule has 1 heterocycles. The summed E-state index contributed by atoms with van der Waals surface area (Å²) in [5.74, 6) is 0.0205. The highest BCUT2D eigenvalue weighted by atomic mass is 79.9. The van der Waals surface area contributed by atoms with Crippen LogP contribution in [0.25, 0.3) is 0 Å². The third kappa shape index (κ3) is 4.24. The highest BCUT2D eigenvalue weighted by Gasteiger charge is 2.41. The Morgan fingerprint density at radius 1 is 1.12 bits per heavy atom. The van der Waals surface area contributed by atoms with Gasteiger partial charge in [0, 0.05) is 33.8 Å². The molecule has 166 valence electrons. The summed E-state index contributed by atoms with van der Waals surface area (Å²) in [4.78, 5) is 26.5. The van der Waals surface area contributed by atoms with Crippen LogP contribution in [0.15, 0.2) is 75.5 Å². The number of hydrogen-bond donors (Lipinski definition) is 1. The number of rotatable bonds is 5. The van der Waals surface area contributed by atoms with E-state index in [0.717, 1.165) is 32.7 Å². The number of Topliss-reactive ketones (excluding diaryl/α,β-unsaturated/α-hetero) is 1. The zero-order chi connectivity index (χ0) is 22.8. The molecule has 4 rings (SSSR count). The Hall–Kier alpha value is -2.86. The average molecular weight is 496 g/mol. The number of nitrogens with one attached hydrogen (secondary N) is 1. The lowest BCUT2D eigenvalue weighted by Gasteiger charge is -2.36. The Morgan fingerprint density at radius 3 is 2.59 bits per heavy atom. The molecule has 0 saturated carbocycles. The topological polar surface area (TPSA) is 64.6 Å². The van der Waals surface area contributed by atoms with Crippen molar-refractivity contribution in [2.45, 2.75) is 38.5 Å². The summed E-state index contributed by atoms with van der Waals surface area (Å²) in [6, 6.07) is 15.7. The molecule has 0 saturated heterocycles. The number of dihydropyridines is 1. The van der Waals surface area contributed by atoms with Crippen LogP contribution in [0.3, 0.4) is 0 Å². The Bertz CT molecular complexity index is 1130. The largest absolute Gasteiger partial charge is 0.497 e. The molecular formula is C26H26BrNO4. The molecule has 0 amide bonds. The Balaban J connectivity index is 1.79. The molecule has 1 aliphatic heterocycles. The van der Waals surface area contributed by atoms with Crippen molar-refractivity contribution in [3.8, 4) is 5.75 Å². The van der Waals surface area contributed by atoms with Crippen molar-refractivity contribution < 1.29 is 19.1 Å². The predicted molar refractivity (Wildman–Crippen MR) is 126 cm³/mol. The number of carbonyl (C=O) groups excluding carboxylic acids is 2. The lowest BCUT2D eigenvalue weighted by atomic mass is 9.71. The fourth-order valence-electron chi connectivity index (χ4n) is 4.67. The minimum atomic E-state index is -0.457. The molecule has 0 bridgehead atoms. The van der Waals surface area contributed by atoms with E-state index in [4.69, 9.17) is 9.47 Å². The van der Waals surface area contributed by atoms with E-state index in [1.165, 1.54) is 0 Å². The highest BCUT2D eigenvalue weighted by Crippen LogP contribution is 2.46. The zero-order valence-corrected chi connectivity index (χ0v) is 20.0. The maximum absolute atomic E-state index is 13.6. The van der Waals surface area contributed by atoms with E-state index in [-0.39, 0.29) is 18.3 Å². The van der Waals surface area contributed by atoms with Crippen LogP contribution in [0.4, 0.5) is 0 Å². The molecule has 2 unspecified atom stereocenters. The first-order chi connectivity index (χ1) is 15.4. The predicted octanol–water partition coefficient (Wildman–Crippen LogP) is 5.38. The van der Waals surface area contributed by atoms with Crippen molar-refractivity contribution in [2.75, 3.05) is 13.7 Å². The second-order valence-electron chi connectivity index (χ2n) is 8.07. The quantitative estimate of drug-likeness (QED) is 0.563. The molecule has 32 heavy (non-hydrogen) atoms. The van der Waals surface area contributed by atoms with Crippen LogP contribution in [0, 0.1) is 0 Å². The van der Waals surface area contributed by atoms with E-state index < -0.39 is 11.9 Å². The molecule has 2 aliphatic rings. The summed E-state index contributed by atoms with van der Waals surface area (Å²) in [6.45, 7) is 3.94. The first kappa shape index (κ1) is 22.3. The second kappa shape index (κ2) is 9.33. The minimum absolute atomic E-state index is 0.0453. The van der Waals surface area contributed by atoms with Gasteiger partial charge in [0.15, 0.2) is 5.78 Å². The number of carbonyl (C=O) groups is 2. The fourth-order valence-corrected chi connectivity index (χ4v) is 5.09. The number of esters is 1. The van der Waals surface area contributed by atoms with Crippen LogP contribution >= 0.6 is 15.9 Å². The van der Waals surface area contributed by atoms with Crippen molar-refractivity contribution in [3.63, 3.8) is 0 Å². The lowest BCUT2D eigenvalue weighted by molar-refractivity contribution is -0.138. The van der Waals surface area contributed by atoms with Gasteiger partial charge in [-0.25, -0.2) is 4.79 Å². The van der Waals surface area contributed by atoms with Crippen LogP contribution in [-0.4, -0.2) is 25.5 Å². The fraction of sp³-hybridized carbons (Fsp3) is 0.308. The first-order valence-corrected chi connectivity index (χ1v) is 11.5. The molecule has 2 aromatic rings. The second-order valence-corrected chi connectivity index (χ2v) is 8.99. The van der Waals surface area contributed by atoms with E-state index >= 15 is 0 Å². The molecular weight excluding hydrogens is 470 g/mol. The van der Waals surface area contributed by atoms with Crippen LogP contribution in [0.5, 0.6) is 5.75 Å². The van der Waals surface area contributed by atoms with Gasteiger partial charge in [0.2, 0.25) is 0 Å². The van der Waals surface area contributed by atoms with E-state index in [9.17, 15) is 9.59 Å². The van der Waals surface area contributed by atoms with Gasteiger partial charge in [0.1, 0.15) is 5.75 Å². The first-order valence-electron chi connectivity index (χ1n) is 10.7. The van der Waals surface area contributed by atoms with Crippen LogP contribution in [0.2, 0.25) is 0 Å². The van der Waals surface area contributed by atoms with E-state index in [1.807, 2.05) is 55.5 Å². The number of methoxy groups -OCH3 is 1. The number of benzene rings is 2. The minimum Gasteiger partial charge on any atom is -0.497 e. The van der Waals surface area contributed by atoms with Crippen LogP contribution in [-0.2, 0) is 14.3 Å². The van der Waals surface area contributed by atoms with Crippen molar-refractivity contribution in [1.29, 1.82) is 0 Å². The SMILES string of the molecule is CCOC(=O)C1=C(C)NC2=C(C(=O)CC(c3cccc(OC)c3)C2)C1c1cccc(Br)c1. The normalized spacial score (nSPS) is 20.6. The summed E-state index contributed by atoms with van der Waals surface area (Å²) < 4.78 is 11.6. The van der Waals surface area contributed by atoms with Gasteiger partial charge in [-0.05, 0) is 61.6 Å². The molecule has 0 aromatic heterocycles. The van der Waals surface area contributed by atoms with Crippen molar-refractivity contribution in [2.24, 2.45) is 0 Å². The van der Waals surface area contributed by atoms with Gasteiger partial charge in [-0.3, -0.25) is 4.79 Å². The van der Waals surface area contributed by atoms with Gasteiger partial charge in [-0.1, -0.05) is 40.2 Å². The van der Waals surface area contributed by atoms with Crippen LogP contribution < -0.4 is 10.1 Å². The maximum Gasteiger partial charge on any atom is 0.336 e. The van der Waals surface area contributed by atoms with Crippen molar-refractivity contribution in [1.82, 2.24) is 5.32 Å². The van der Waals surface area contributed by atoms with Crippen molar-refractivity contribution in [3.05, 3.63) is 86.7 Å². The number of hydrogen-bond acceptors (Lipinski definition) is 5. The summed E-state index contributed by atoms with van der Waals surface area (Å²) in [7, 11) is 1.64. The molecule has 1 N–H and O–H groups in total. The monoisotopic (exact) mass is 495 g/mol. The molecule has 2 atom stereocenters. The average Bonchev–Trinajstić information content (AvgIpc) is 2.78. The number of halogens is 1. The summed E-state index contributed by atoms with van der Waals surface area (Å²) in [6.07, 6.45) is 1.07. The van der Waals surface area contributed by atoms with Gasteiger partial charge in [-0.15, -0.1) is 0 Å². The van der Waals surface area contributed by atoms with E-state index in [2.05, 4.69) is 21.2 Å². The standard InChI is InChI=1S/C26H26BrNO4/c1-4-32-26(30)23-15(2)28-21-13-18(16-7-6-10-20(12-16)31-3)14-22(29)25(21)24(23)17-8-5-9-19(27)11-17/h5-12,18,24,28H,4,13-14H2,1-3H3. The molecule has 6 heteroatoms. The number of ketones is 1. The third-order valence-corrected chi connectivity index (χ3v) is 6.56. The molecule has 1 aliphatic carbocycles. The van der Waals surface area contributed by atoms with Gasteiger partial charge >= 0.3 is 5.97 Å². The molecule has 0 radical (unpaired) electrons. The third-order valence-electron chi connectivity index (χ3n) is 6.07. The van der Waals surface area contributed by atoms with Crippen molar-refractivity contribution >= 4 is 27.7 Å². The van der Waals surface area contributed by atoms with E-state index in [0.29, 0.717) is 24.0 Å². The smallest absolute Gasteiger partial charge is 0.336 e.